The van der Waals surface area contributed by atoms with Crippen LogP contribution in [0.25, 0.3) is 11.0 Å². The van der Waals surface area contributed by atoms with E-state index in [1.165, 1.54) is 12.1 Å². The van der Waals surface area contributed by atoms with Gasteiger partial charge in [0.2, 0.25) is 0 Å². The molecule has 2 aromatic rings. The largest absolute Gasteiger partial charge is 0.481 e. The summed E-state index contributed by atoms with van der Waals surface area (Å²) in [4.78, 5) is 36.8. The molecular formula is C24H26O7. The van der Waals surface area contributed by atoms with Gasteiger partial charge in [0.15, 0.2) is 12.2 Å². The summed E-state index contributed by atoms with van der Waals surface area (Å²) < 4.78 is 23.0. The van der Waals surface area contributed by atoms with Crippen molar-refractivity contribution in [3.8, 4) is 5.75 Å². The first kappa shape index (κ1) is 22.3. The number of ether oxygens (including phenoxy) is 3. The normalized spacial score (nSPS) is 18.2. The lowest BCUT2D eigenvalue weighted by Crippen LogP contribution is -2.46. The monoisotopic (exact) mass is 426 g/mol. The van der Waals surface area contributed by atoms with Crippen molar-refractivity contribution < 1.29 is 28.2 Å². The fourth-order valence-corrected chi connectivity index (χ4v) is 3.39. The lowest BCUT2D eigenvalue weighted by molar-refractivity contribution is -0.171. The summed E-state index contributed by atoms with van der Waals surface area (Å²) in [6, 6.07) is 6.41. The highest BCUT2D eigenvalue weighted by Gasteiger charge is 2.50. The first-order chi connectivity index (χ1) is 14.5. The Labute approximate surface area is 180 Å². The smallest absolute Gasteiger partial charge is 0.336 e. The number of hydrogen-bond acceptors (Lipinski definition) is 7. The van der Waals surface area contributed by atoms with Crippen molar-refractivity contribution in [1.29, 1.82) is 0 Å². The van der Waals surface area contributed by atoms with Crippen LogP contribution in [0.15, 0.2) is 56.8 Å². The van der Waals surface area contributed by atoms with Crippen molar-refractivity contribution in [2.24, 2.45) is 0 Å². The highest BCUT2D eigenvalue weighted by Crippen LogP contribution is 2.47. The molecule has 0 aliphatic carbocycles. The van der Waals surface area contributed by atoms with Crippen molar-refractivity contribution in [1.82, 2.24) is 0 Å². The van der Waals surface area contributed by atoms with Crippen LogP contribution in [0.5, 0.6) is 5.75 Å². The van der Waals surface area contributed by atoms with E-state index in [4.69, 9.17) is 18.6 Å². The van der Waals surface area contributed by atoms with Crippen LogP contribution in [0.3, 0.4) is 0 Å². The second-order valence-electron chi connectivity index (χ2n) is 8.23. The Bertz CT molecular complexity index is 1150. The molecule has 31 heavy (non-hydrogen) atoms. The standard InChI is InChI=1S/C24H26O7/c1-7-14(4)23(27)30-21-19-16(10-8-15-9-11-17(25)29-20(15)19)28-22(21)24(5,6)31-18(26)12-13(2)3/h7-12,21-22H,1-6H3/t21-,22+/m1/s1. The van der Waals surface area contributed by atoms with Gasteiger partial charge in [0, 0.05) is 23.1 Å². The highest BCUT2D eigenvalue weighted by atomic mass is 16.6. The molecule has 2 atom stereocenters. The van der Waals surface area contributed by atoms with Crippen molar-refractivity contribution >= 4 is 22.9 Å². The molecule has 164 valence electrons. The number of fused-ring (bicyclic) bond motifs is 3. The van der Waals surface area contributed by atoms with Crippen molar-refractivity contribution in [3.63, 3.8) is 0 Å². The molecule has 0 radical (unpaired) electrons. The Morgan fingerprint density at radius 3 is 2.42 bits per heavy atom. The predicted octanol–water partition coefficient (Wildman–Crippen LogP) is 4.39. The molecule has 2 heterocycles. The van der Waals surface area contributed by atoms with Crippen molar-refractivity contribution in [2.45, 2.75) is 59.4 Å². The minimum absolute atomic E-state index is 0.273. The zero-order chi connectivity index (χ0) is 22.9. The molecule has 1 aliphatic rings. The number of benzene rings is 1. The van der Waals surface area contributed by atoms with Gasteiger partial charge in [-0.3, -0.25) is 0 Å². The minimum Gasteiger partial charge on any atom is -0.481 e. The van der Waals surface area contributed by atoms with Crippen LogP contribution in [-0.2, 0) is 19.1 Å². The van der Waals surface area contributed by atoms with Gasteiger partial charge in [0.1, 0.15) is 16.9 Å². The molecule has 7 heteroatoms. The molecule has 1 aliphatic heterocycles. The van der Waals surface area contributed by atoms with E-state index in [1.807, 2.05) is 0 Å². The van der Waals surface area contributed by atoms with Crippen LogP contribution in [0.1, 0.15) is 53.2 Å². The molecule has 0 spiro atoms. The average molecular weight is 426 g/mol. The molecule has 0 saturated heterocycles. The molecular weight excluding hydrogens is 400 g/mol. The van der Waals surface area contributed by atoms with Gasteiger partial charge >= 0.3 is 17.6 Å². The van der Waals surface area contributed by atoms with E-state index in [0.717, 1.165) is 5.57 Å². The summed E-state index contributed by atoms with van der Waals surface area (Å²) in [5.41, 5.74) is 0.203. The van der Waals surface area contributed by atoms with E-state index in [9.17, 15) is 14.4 Å². The first-order valence-corrected chi connectivity index (χ1v) is 9.98. The third-order valence-corrected chi connectivity index (χ3v) is 5.05. The van der Waals surface area contributed by atoms with Gasteiger partial charge in [-0.25, -0.2) is 14.4 Å². The lowest BCUT2D eigenvalue weighted by atomic mass is 9.93. The molecule has 0 N–H and O–H groups in total. The van der Waals surface area contributed by atoms with Crippen LogP contribution in [0, 0.1) is 0 Å². The molecule has 0 bridgehead atoms. The van der Waals surface area contributed by atoms with Gasteiger partial charge in [0.05, 0.1) is 5.56 Å². The molecule has 7 nitrogen and oxygen atoms in total. The zero-order valence-corrected chi connectivity index (χ0v) is 18.5. The summed E-state index contributed by atoms with van der Waals surface area (Å²) >= 11 is 0. The number of esters is 2. The average Bonchev–Trinajstić information content (AvgIpc) is 3.05. The highest BCUT2D eigenvalue weighted by molar-refractivity contribution is 5.89. The Morgan fingerprint density at radius 1 is 1.10 bits per heavy atom. The maximum atomic E-state index is 12.6. The van der Waals surface area contributed by atoms with E-state index in [0.29, 0.717) is 22.3 Å². The van der Waals surface area contributed by atoms with Gasteiger partial charge in [-0.2, -0.15) is 0 Å². The van der Waals surface area contributed by atoms with Crippen molar-refractivity contribution in [3.05, 3.63) is 63.5 Å². The topological polar surface area (TPSA) is 92.0 Å². The Balaban J connectivity index is 2.10. The van der Waals surface area contributed by atoms with Crippen LogP contribution in [-0.4, -0.2) is 23.6 Å². The Kier molecular flexibility index (Phi) is 6.06. The fraction of sp³-hybridized carbons (Fsp3) is 0.375. The second kappa shape index (κ2) is 8.41. The van der Waals surface area contributed by atoms with Gasteiger partial charge in [-0.15, -0.1) is 0 Å². The molecule has 1 aromatic heterocycles. The zero-order valence-electron chi connectivity index (χ0n) is 18.5. The Hall–Kier alpha value is -3.35. The molecule has 0 amide bonds. The van der Waals surface area contributed by atoms with E-state index in [-0.39, 0.29) is 5.58 Å². The van der Waals surface area contributed by atoms with Gasteiger partial charge in [0.25, 0.3) is 0 Å². The lowest BCUT2D eigenvalue weighted by Gasteiger charge is -2.33. The minimum atomic E-state index is -1.17. The number of carbonyl (C=O) groups is 2. The van der Waals surface area contributed by atoms with Gasteiger partial charge in [-0.1, -0.05) is 11.6 Å². The number of rotatable bonds is 5. The third kappa shape index (κ3) is 4.55. The third-order valence-electron chi connectivity index (χ3n) is 5.05. The van der Waals surface area contributed by atoms with E-state index < -0.39 is 35.4 Å². The summed E-state index contributed by atoms with van der Waals surface area (Å²) in [6.45, 7) is 10.3. The fourth-order valence-electron chi connectivity index (χ4n) is 3.39. The molecule has 1 aromatic carbocycles. The van der Waals surface area contributed by atoms with Gasteiger partial charge in [-0.05, 0) is 59.7 Å². The van der Waals surface area contributed by atoms with Crippen molar-refractivity contribution in [2.75, 3.05) is 0 Å². The first-order valence-electron chi connectivity index (χ1n) is 9.98. The second-order valence-corrected chi connectivity index (χ2v) is 8.23. The van der Waals surface area contributed by atoms with Crippen LogP contribution in [0.2, 0.25) is 0 Å². The Morgan fingerprint density at radius 2 is 1.77 bits per heavy atom. The summed E-state index contributed by atoms with van der Waals surface area (Å²) in [5, 5.41) is 0.658. The van der Waals surface area contributed by atoms with E-state index >= 15 is 0 Å². The molecule has 0 fully saturated rings. The van der Waals surface area contributed by atoms with Crippen LogP contribution >= 0.6 is 0 Å². The maximum absolute atomic E-state index is 12.6. The molecule has 0 unspecified atom stereocenters. The summed E-state index contributed by atoms with van der Waals surface area (Å²) in [6.07, 6.45) is 1.20. The van der Waals surface area contributed by atoms with E-state index in [2.05, 4.69) is 0 Å². The molecule has 3 rings (SSSR count). The van der Waals surface area contributed by atoms with Crippen LogP contribution in [0.4, 0.5) is 0 Å². The summed E-state index contributed by atoms with van der Waals surface area (Å²) in [5.74, 6) is -0.680. The SMILES string of the molecule is CC=C(C)C(=O)O[C@@H]1c2c(ccc3ccc(=O)oc23)O[C@@H]1C(C)(C)OC(=O)C=C(C)C. The maximum Gasteiger partial charge on any atom is 0.336 e. The number of carbonyl (C=O) groups excluding carboxylic acids is 2. The summed E-state index contributed by atoms with van der Waals surface area (Å²) in [7, 11) is 0. The van der Waals surface area contributed by atoms with Crippen LogP contribution < -0.4 is 10.4 Å². The molecule has 0 saturated carbocycles. The van der Waals surface area contributed by atoms with Gasteiger partial charge < -0.3 is 18.6 Å². The van der Waals surface area contributed by atoms with E-state index in [1.54, 1.807) is 65.8 Å². The quantitative estimate of drug-likeness (QED) is 0.398. The number of hydrogen-bond donors (Lipinski definition) is 0. The number of allylic oxidation sites excluding steroid dienone is 2. The predicted molar refractivity (Wildman–Crippen MR) is 115 cm³/mol.